The summed E-state index contributed by atoms with van der Waals surface area (Å²) in [6.45, 7) is 71.3. The van der Waals surface area contributed by atoms with E-state index in [1.165, 1.54) is 51.4 Å². The molecule has 0 heterocycles. The Balaban J connectivity index is 1.16. The number of hydrogen-bond donors (Lipinski definition) is 0. The second-order valence-corrected chi connectivity index (χ2v) is 101. The van der Waals surface area contributed by atoms with Crippen molar-refractivity contribution < 1.29 is 79.7 Å². The molecule has 20 atom stereocenters. The van der Waals surface area contributed by atoms with E-state index < -0.39 is 91.3 Å². The fourth-order valence-corrected chi connectivity index (χ4v) is 129. The molecule has 0 aliphatic heterocycles. The first-order valence-electron chi connectivity index (χ1n) is 57.1. The Kier molecular flexibility index (Phi) is 55.3. The summed E-state index contributed by atoms with van der Waals surface area (Å²) in [5, 5.41) is 0. The molecule has 0 aromatic carbocycles. The van der Waals surface area contributed by atoms with Gasteiger partial charge in [-0.1, -0.05) is 159 Å². The monoisotopic (exact) mass is 2610 g/mol. The molecule has 0 saturated heterocycles. The molecule has 48 heteroatoms. The van der Waals surface area contributed by atoms with Gasteiger partial charge >= 0.3 is 52.8 Å². The molecule has 18 nitrogen and oxygen atoms in total. The summed E-state index contributed by atoms with van der Waals surface area (Å²) in [7, 11) is 28.9. The third-order valence-electron chi connectivity index (χ3n) is 37.1. The van der Waals surface area contributed by atoms with Crippen LogP contribution in [-0.2, 0) is 79.7 Å². The van der Waals surface area contributed by atoms with Crippen molar-refractivity contribution >= 4 is 300 Å². The van der Waals surface area contributed by atoms with Crippen LogP contribution in [-0.4, -0.2) is 210 Å². The van der Waals surface area contributed by atoms with Crippen molar-refractivity contribution in [3.8, 4) is 0 Å². The summed E-state index contributed by atoms with van der Waals surface area (Å²) < 4.78 is 130. The average molecular weight is 2620 g/mol. The summed E-state index contributed by atoms with van der Waals surface area (Å²) in [5.41, 5.74) is -0.281. The lowest BCUT2D eigenvalue weighted by Gasteiger charge is -2.55. The van der Waals surface area contributed by atoms with E-state index in [-0.39, 0.29) is 32.5 Å². The highest BCUT2D eigenvalue weighted by Crippen LogP contribution is 2.87. The fraction of sp³-hybridized carbons (Fsp3) is 1.00. The Hall–Kier alpha value is 8.98. The Morgan fingerprint density at radius 1 is 0.223 bits per heavy atom. The van der Waals surface area contributed by atoms with Crippen LogP contribution in [0.4, 0.5) is 0 Å². The van der Waals surface area contributed by atoms with E-state index in [2.05, 4.69) is 346 Å². The van der Waals surface area contributed by atoms with Gasteiger partial charge in [-0.05, 0) is 561 Å². The van der Waals surface area contributed by atoms with Crippen molar-refractivity contribution in [3.05, 3.63) is 0 Å². The molecule has 12 aliphatic carbocycles. The normalized spacial score (nSPS) is 34.2. The summed E-state index contributed by atoms with van der Waals surface area (Å²) >= 11 is 0. The summed E-state index contributed by atoms with van der Waals surface area (Å²) in [4.78, 5) is 0. The maximum Gasteiger partial charge on any atom is 0.519 e. The van der Waals surface area contributed by atoms with Crippen molar-refractivity contribution in [2.45, 2.75) is 437 Å². The first-order valence-corrected chi connectivity index (χ1v) is 96.3. The zero-order chi connectivity index (χ0) is 107. The predicted octanol–water partition coefficient (Wildman–Crippen LogP) is 38.5. The van der Waals surface area contributed by atoms with Crippen LogP contribution >= 0.6 is 247 Å². The summed E-state index contributed by atoms with van der Waals surface area (Å²) in [5.74, 6) is 3.72. The van der Waals surface area contributed by atoms with Crippen LogP contribution in [0.2, 0.25) is 0 Å². The highest BCUT2D eigenvalue weighted by atomic mass is 33.7. The van der Waals surface area contributed by atoms with Gasteiger partial charge in [0.05, 0.1) is 4.75 Å². The molecule has 0 aromatic heterocycles. The van der Waals surface area contributed by atoms with E-state index in [4.69, 9.17) is 79.7 Å². The topological polar surface area (TPSA) is 166 Å². The summed E-state index contributed by atoms with van der Waals surface area (Å²) in [6.07, 6.45) is 36.4. The lowest BCUT2D eigenvalue weighted by molar-refractivity contribution is 0.0347. The smallest absolute Gasteiger partial charge is 0.373 e. The highest BCUT2D eigenvalue weighted by Gasteiger charge is 2.84. The molecule has 12 fully saturated rings. The molecule has 12 aliphatic rings. The Labute approximate surface area is 998 Å². The van der Waals surface area contributed by atoms with Crippen molar-refractivity contribution in [2.24, 2.45) is 73.9 Å². The molecule has 0 aromatic rings. The van der Waals surface area contributed by atoms with Crippen LogP contribution in [0.5, 0.6) is 0 Å². The molecule has 12 bridgehead atoms. The van der Waals surface area contributed by atoms with Gasteiger partial charge in [-0.15, -0.1) is 0 Å². The van der Waals surface area contributed by atoms with E-state index in [0.717, 1.165) is 161 Å². The number of rotatable bonds is 84. The molecule has 0 N–H and O–H groups in total. The third kappa shape index (κ3) is 25.1. The third-order valence-corrected chi connectivity index (χ3v) is 118. The second-order valence-electron chi connectivity index (χ2n) is 43.0. The van der Waals surface area contributed by atoms with Crippen molar-refractivity contribution in [1.82, 2.24) is 0 Å². The molecule has 12 saturated carbocycles. The standard InChI is InChI=1S/C100H190O18S24Si6/c1-28-79(26)53-66-93(120-132-135-123-95(74-81-55-61-88(95,30-3)68-81)144(104-38-11,105-39-12)106-40-13,121-133-136-124-96(75-82-56-62-89(96,31-4)69-82)145(107-41-14,108-42-15)109-43-16)86(27,119-131-134-122-94(73-80-54-60-87(94,29-2)67-80)143(101-35-8,102-36-9)103-37-10)100(128-140-137-125-97(76-83-57-63-90(97,32-5)70-83)146(110-44-17,111-45-18)112-46-19,129-141-138-126-98(77-84-58-64-91(98,33-6)71-84)147(113-47-20,114-48-21)115-49-22)130-142-139-127-99(78-85-59-65-92(99,34-7)72-85)148(116-50-23,117-51-24)118-52-25/h79-85H,28-78H2,1-27H3. The molecular weight excluding hydrogens is 2430 g/mol. The molecular formula is C100H190O18S24Si6. The van der Waals surface area contributed by atoms with Crippen LogP contribution in [0.1, 0.15) is 399 Å². The predicted molar refractivity (Wildman–Crippen MR) is 693 cm³/mol. The van der Waals surface area contributed by atoms with Gasteiger partial charge in [-0.2, -0.15) is 0 Å². The largest absolute Gasteiger partial charge is 0.519 e. The quantitative estimate of drug-likeness (QED) is 0.0244. The van der Waals surface area contributed by atoms with E-state index in [0.29, 0.717) is 160 Å². The van der Waals surface area contributed by atoms with E-state index in [9.17, 15) is 0 Å². The minimum Gasteiger partial charge on any atom is -0.373 e. The molecule has 866 valence electrons. The van der Waals surface area contributed by atoms with E-state index in [1.54, 1.807) is 0 Å². The zero-order valence-corrected chi connectivity index (χ0v) is 120. The van der Waals surface area contributed by atoms with Crippen molar-refractivity contribution in [1.29, 1.82) is 0 Å². The molecule has 12 rings (SSSR count). The van der Waals surface area contributed by atoms with Gasteiger partial charge in [-0.3, -0.25) is 0 Å². The maximum absolute atomic E-state index is 7.48. The SMILES string of the molecule is CCO[Si](OCC)(OCC)C1(SSSSC(CCC(C)CC)(SSSSC2([Si](OCC)(OCC)OCC)CC3CCC2(CC)C3)C(C)(SSSSC2([Si](OCC)(OCC)OCC)CC3CCC2(CC)C3)C(SSSSC2([Si](OCC)(OCC)OCC)CC3CCC2(CC)C3)(SSSSC2([Si](OCC)(OCC)OCC)CC3CCC2(CC)C3)SSSSC2([Si](OCC)(OCC)OCC)CC3CCC2(CC)C3)CC2CCC1(CC)C2. The molecule has 0 radical (unpaired) electrons. The summed E-state index contributed by atoms with van der Waals surface area (Å²) in [6, 6.07) is 0. The van der Waals surface area contributed by atoms with Gasteiger partial charge in [0.25, 0.3) is 0 Å². The number of hydrogen-bond acceptors (Lipinski definition) is 42. The Morgan fingerprint density at radius 2 is 0.385 bits per heavy atom. The first-order chi connectivity index (χ1) is 71.4. The van der Waals surface area contributed by atoms with Gasteiger partial charge in [0.1, 0.15) is 30.3 Å². The Bertz CT molecular complexity index is 3630. The second kappa shape index (κ2) is 60.4. The van der Waals surface area contributed by atoms with Crippen molar-refractivity contribution in [3.63, 3.8) is 0 Å². The van der Waals surface area contributed by atoms with Crippen LogP contribution in [0.3, 0.4) is 0 Å². The molecule has 20 unspecified atom stereocenters. The van der Waals surface area contributed by atoms with Gasteiger partial charge in [0.2, 0.25) is 0 Å². The van der Waals surface area contributed by atoms with E-state index in [1.807, 2.05) is 88.4 Å². The van der Waals surface area contributed by atoms with Crippen molar-refractivity contribution in [2.75, 3.05) is 119 Å². The highest BCUT2D eigenvalue weighted by molar-refractivity contribution is 9.34. The lowest BCUT2D eigenvalue weighted by Crippen LogP contribution is -2.68. The van der Waals surface area contributed by atoms with Crippen LogP contribution in [0, 0.1) is 73.9 Å². The van der Waals surface area contributed by atoms with Gasteiger partial charge in [-0.25, -0.2) is 0 Å². The van der Waals surface area contributed by atoms with Gasteiger partial charge in [0.15, 0.2) is 3.41 Å². The first kappa shape index (κ1) is 135. The maximum atomic E-state index is 7.48. The van der Waals surface area contributed by atoms with Gasteiger partial charge in [0, 0.05) is 119 Å². The molecule has 148 heavy (non-hydrogen) atoms. The molecule has 0 amide bonds. The number of fused-ring (bicyclic) bond motifs is 12. The average Bonchev–Trinajstić information content (AvgIpc) is 1.43. The van der Waals surface area contributed by atoms with Crippen LogP contribution < -0.4 is 0 Å². The van der Waals surface area contributed by atoms with Gasteiger partial charge < -0.3 is 79.7 Å². The zero-order valence-electron chi connectivity index (χ0n) is 94.8. The van der Waals surface area contributed by atoms with Crippen LogP contribution in [0.25, 0.3) is 0 Å². The minimum atomic E-state index is -3.53. The Morgan fingerprint density at radius 3 is 0.534 bits per heavy atom. The van der Waals surface area contributed by atoms with Crippen LogP contribution in [0.15, 0.2) is 0 Å². The fourth-order valence-electron chi connectivity index (χ4n) is 30.6. The molecule has 0 spiro atoms. The lowest BCUT2D eigenvalue weighted by atomic mass is 9.80. The minimum absolute atomic E-state index is 0.0370. The van der Waals surface area contributed by atoms with E-state index >= 15 is 0 Å².